The van der Waals surface area contributed by atoms with Crippen LogP contribution in [0.1, 0.15) is 44.7 Å². The molecule has 0 unspecified atom stereocenters. The Bertz CT molecular complexity index is 739. The number of carbonyl (C=O) groups is 2. The van der Waals surface area contributed by atoms with E-state index in [1.54, 1.807) is 14.0 Å². The molecule has 0 aliphatic heterocycles. The van der Waals surface area contributed by atoms with Crippen molar-refractivity contribution in [1.29, 1.82) is 0 Å². The average Bonchev–Trinajstić information content (AvgIpc) is 2.62. The van der Waals surface area contributed by atoms with Crippen LogP contribution >= 0.6 is 11.8 Å². The van der Waals surface area contributed by atoms with Crippen LogP contribution in [0, 0.1) is 6.92 Å². The first-order chi connectivity index (χ1) is 12.4. The summed E-state index contributed by atoms with van der Waals surface area (Å²) in [5.41, 5.74) is 2.46. The van der Waals surface area contributed by atoms with E-state index < -0.39 is 6.03 Å². The topological polar surface area (TPSA) is 83.2 Å². The quantitative estimate of drug-likeness (QED) is 0.587. The highest BCUT2D eigenvalue weighted by atomic mass is 32.2. The summed E-state index contributed by atoms with van der Waals surface area (Å²) in [6.07, 6.45) is 3.14. The van der Waals surface area contributed by atoms with Crippen LogP contribution in [0.3, 0.4) is 0 Å². The second-order valence-electron chi connectivity index (χ2n) is 5.54. The Morgan fingerprint density at radius 2 is 2.00 bits per heavy atom. The van der Waals surface area contributed by atoms with Crippen LogP contribution in [0.5, 0.6) is 0 Å². The van der Waals surface area contributed by atoms with Gasteiger partial charge < -0.3 is 5.32 Å². The average molecular weight is 375 g/mol. The Hall–Kier alpha value is -2.28. The van der Waals surface area contributed by atoms with Crippen LogP contribution in [0.25, 0.3) is 0 Å². The fourth-order valence-corrected chi connectivity index (χ4v) is 2.71. The van der Waals surface area contributed by atoms with E-state index in [1.165, 1.54) is 11.8 Å². The van der Waals surface area contributed by atoms with Crippen molar-refractivity contribution < 1.29 is 9.59 Å². The largest absolute Gasteiger partial charge is 0.346 e. The number of hydrogen-bond donors (Lipinski definition) is 1. The lowest BCUT2D eigenvalue weighted by molar-refractivity contribution is -0.116. The molecular weight excluding hydrogens is 348 g/mol. The summed E-state index contributed by atoms with van der Waals surface area (Å²) in [5, 5.41) is 3.33. The van der Waals surface area contributed by atoms with Gasteiger partial charge in [0.1, 0.15) is 5.78 Å². The predicted molar refractivity (Wildman–Crippen MR) is 112 cm³/mol. The summed E-state index contributed by atoms with van der Waals surface area (Å²) in [5.74, 6) is 1.12. The minimum atomic E-state index is -0.455. The molecule has 26 heavy (non-hydrogen) atoms. The number of aliphatic imine (C=N–C) groups is 3. The molecule has 1 aromatic carbocycles. The number of urea groups is 1. The molecule has 6 nitrogen and oxygen atoms in total. The van der Waals surface area contributed by atoms with Crippen LogP contribution in [0.2, 0.25) is 0 Å². The van der Waals surface area contributed by atoms with E-state index in [9.17, 15) is 9.59 Å². The first kappa shape index (κ1) is 21.8. The van der Waals surface area contributed by atoms with Crippen molar-refractivity contribution in [2.75, 3.05) is 18.1 Å². The molecule has 2 amide bonds. The minimum Gasteiger partial charge on any atom is -0.306 e. The number of nitrogens with zero attached hydrogens (tertiary/aromatic N) is 3. The number of carbonyl (C=O) groups excluding carboxylic acids is 2. The number of ketones is 1. The molecule has 0 fully saturated rings. The molecule has 140 valence electrons. The molecule has 0 aliphatic rings. The zero-order valence-corrected chi connectivity index (χ0v) is 16.8. The lowest BCUT2D eigenvalue weighted by Crippen LogP contribution is -2.10. The van der Waals surface area contributed by atoms with Gasteiger partial charge in [-0.3, -0.25) is 9.79 Å². The van der Waals surface area contributed by atoms with Gasteiger partial charge in [0.05, 0.1) is 10.8 Å². The lowest BCUT2D eigenvalue weighted by atomic mass is 10.1. The number of rotatable bonds is 6. The third kappa shape index (κ3) is 7.31. The molecule has 0 aliphatic carbocycles. The second-order valence-corrected chi connectivity index (χ2v) is 6.71. The first-order valence-electron chi connectivity index (χ1n) is 8.52. The van der Waals surface area contributed by atoms with Gasteiger partial charge in [-0.2, -0.15) is 4.99 Å². The molecule has 0 atom stereocenters. The van der Waals surface area contributed by atoms with Crippen molar-refractivity contribution in [3.63, 3.8) is 0 Å². The predicted octanol–water partition coefficient (Wildman–Crippen LogP) is 4.51. The molecule has 0 spiro atoms. The van der Waals surface area contributed by atoms with Gasteiger partial charge in [0, 0.05) is 30.9 Å². The molecule has 0 saturated carbocycles. The number of amidine groups is 1. The van der Waals surface area contributed by atoms with Gasteiger partial charge in [0.2, 0.25) is 0 Å². The van der Waals surface area contributed by atoms with E-state index in [-0.39, 0.29) is 5.78 Å². The molecule has 0 radical (unpaired) electrons. The van der Waals surface area contributed by atoms with Crippen LogP contribution in [0.15, 0.2) is 33.2 Å². The second kappa shape index (κ2) is 11.4. The SMILES string of the molecule is CC/C=N\C(=N/C)c1ccc(NC(=O)/N=C(/C)SCC(=O)CC)c(C)c1. The maximum atomic E-state index is 12.1. The Labute approximate surface area is 159 Å². The van der Waals surface area contributed by atoms with Gasteiger partial charge in [0.15, 0.2) is 5.84 Å². The lowest BCUT2D eigenvalue weighted by Gasteiger charge is -2.09. The van der Waals surface area contributed by atoms with Crippen molar-refractivity contribution in [1.82, 2.24) is 0 Å². The fourth-order valence-electron chi connectivity index (χ4n) is 1.99. The Balaban J connectivity index is 2.80. The van der Waals surface area contributed by atoms with E-state index in [0.29, 0.717) is 28.7 Å². The molecule has 0 saturated heterocycles. The van der Waals surface area contributed by atoms with Gasteiger partial charge in [-0.1, -0.05) is 13.8 Å². The molecular formula is C19H26N4O2S. The molecule has 1 aromatic rings. The minimum absolute atomic E-state index is 0.135. The maximum absolute atomic E-state index is 12.1. The van der Waals surface area contributed by atoms with Crippen LogP contribution in [-0.2, 0) is 4.79 Å². The summed E-state index contributed by atoms with van der Waals surface area (Å²) in [6, 6.07) is 5.15. The molecule has 0 heterocycles. The fraction of sp³-hybridized carbons (Fsp3) is 0.421. The number of anilines is 1. The molecule has 1 N–H and O–H groups in total. The summed E-state index contributed by atoms with van der Waals surface area (Å²) < 4.78 is 0. The Kier molecular flexibility index (Phi) is 9.51. The monoisotopic (exact) mass is 374 g/mol. The van der Waals surface area contributed by atoms with Crippen molar-refractivity contribution >= 4 is 46.4 Å². The maximum Gasteiger partial charge on any atom is 0.346 e. The molecule has 0 bridgehead atoms. The van der Waals surface area contributed by atoms with E-state index in [0.717, 1.165) is 17.5 Å². The highest BCUT2D eigenvalue weighted by Crippen LogP contribution is 2.18. The summed E-state index contributed by atoms with van der Waals surface area (Å²) in [4.78, 5) is 35.9. The zero-order chi connectivity index (χ0) is 19.5. The molecule has 0 aromatic heterocycles. The van der Waals surface area contributed by atoms with Crippen LogP contribution in [-0.4, -0.2) is 41.7 Å². The van der Waals surface area contributed by atoms with Gasteiger partial charge in [-0.25, -0.2) is 9.79 Å². The first-order valence-corrected chi connectivity index (χ1v) is 9.50. The highest BCUT2D eigenvalue weighted by Gasteiger charge is 2.08. The highest BCUT2D eigenvalue weighted by molar-refractivity contribution is 8.14. The standard InChI is InChI=1S/C19H26N4O2S/c1-6-10-21-18(20-5)15-8-9-17(13(3)11-15)23-19(25)22-14(4)26-12-16(24)7-2/h8-11H,6-7,12H2,1-5H3,(H,23,25)/b20-18-,21-10-,22-14-. The van der Waals surface area contributed by atoms with E-state index in [2.05, 4.69) is 20.3 Å². The van der Waals surface area contributed by atoms with Crippen molar-refractivity contribution in [2.45, 2.75) is 40.5 Å². The molecule has 7 heteroatoms. The number of aryl methyl sites for hydroxylation is 1. The van der Waals surface area contributed by atoms with Crippen molar-refractivity contribution in [3.8, 4) is 0 Å². The van der Waals surface area contributed by atoms with E-state index >= 15 is 0 Å². The number of nitrogens with one attached hydrogen (secondary N) is 1. The summed E-state index contributed by atoms with van der Waals surface area (Å²) in [7, 11) is 1.70. The summed E-state index contributed by atoms with van der Waals surface area (Å²) in [6.45, 7) is 7.45. The Morgan fingerprint density at radius 1 is 1.27 bits per heavy atom. The Morgan fingerprint density at radius 3 is 2.58 bits per heavy atom. The van der Waals surface area contributed by atoms with Crippen LogP contribution < -0.4 is 5.32 Å². The van der Waals surface area contributed by atoms with Crippen molar-refractivity contribution in [3.05, 3.63) is 29.3 Å². The smallest absolute Gasteiger partial charge is 0.306 e. The van der Waals surface area contributed by atoms with E-state index in [1.807, 2.05) is 45.2 Å². The van der Waals surface area contributed by atoms with Gasteiger partial charge in [0.25, 0.3) is 0 Å². The van der Waals surface area contributed by atoms with Crippen LogP contribution in [0.4, 0.5) is 10.5 Å². The normalized spacial score (nSPS) is 12.5. The zero-order valence-electron chi connectivity index (χ0n) is 16.0. The number of hydrogen-bond acceptors (Lipinski definition) is 4. The molecule has 1 rings (SSSR count). The third-order valence-electron chi connectivity index (χ3n) is 3.43. The third-order valence-corrected chi connectivity index (χ3v) is 4.40. The van der Waals surface area contributed by atoms with Gasteiger partial charge in [-0.05, 0) is 44.0 Å². The van der Waals surface area contributed by atoms with E-state index in [4.69, 9.17) is 0 Å². The van der Waals surface area contributed by atoms with Gasteiger partial charge >= 0.3 is 6.03 Å². The number of thioether (sulfide) groups is 1. The number of Topliss-reactive ketones (excluding diaryl/α,β-unsaturated/α-hetero) is 1. The summed E-state index contributed by atoms with van der Waals surface area (Å²) >= 11 is 1.28. The van der Waals surface area contributed by atoms with Crippen molar-refractivity contribution in [2.24, 2.45) is 15.0 Å². The number of benzene rings is 1. The van der Waals surface area contributed by atoms with Gasteiger partial charge in [-0.15, -0.1) is 11.8 Å². The number of amides is 2.